The molecule has 1 aliphatic rings. The average molecular weight is 447 g/mol. The number of sulfonamides is 1. The Hall–Kier alpha value is -2.74. The fraction of sp³-hybridized carbons (Fsp3) is 0.435. The Kier molecular flexibility index (Phi) is 6.50. The SMILES string of the molecule is COc1ccc(CCNC(=O)[C@@H]2CN(S(C)(=O)=O)c3cc(C(C)(C)C)ccc3O2)cc1. The molecule has 168 valence electrons. The van der Waals surface area contributed by atoms with Crippen LogP contribution in [0.2, 0.25) is 0 Å². The molecule has 0 fully saturated rings. The number of benzene rings is 2. The van der Waals surface area contributed by atoms with Crippen LogP contribution in [0.25, 0.3) is 0 Å². The number of ether oxygens (including phenoxy) is 2. The quantitative estimate of drug-likeness (QED) is 0.738. The summed E-state index contributed by atoms with van der Waals surface area (Å²) in [6.07, 6.45) is 0.868. The zero-order valence-electron chi connectivity index (χ0n) is 18.6. The Balaban J connectivity index is 1.72. The van der Waals surface area contributed by atoms with Crippen LogP contribution >= 0.6 is 0 Å². The highest BCUT2D eigenvalue weighted by Crippen LogP contribution is 2.38. The number of hydrogen-bond donors (Lipinski definition) is 1. The van der Waals surface area contributed by atoms with Gasteiger partial charge >= 0.3 is 0 Å². The predicted molar refractivity (Wildman–Crippen MR) is 121 cm³/mol. The van der Waals surface area contributed by atoms with Gasteiger partial charge in [-0.3, -0.25) is 9.10 Å². The van der Waals surface area contributed by atoms with Crippen molar-refractivity contribution in [3.05, 3.63) is 53.6 Å². The van der Waals surface area contributed by atoms with Gasteiger partial charge in [-0.15, -0.1) is 0 Å². The number of methoxy groups -OCH3 is 1. The highest BCUT2D eigenvalue weighted by atomic mass is 32.2. The Morgan fingerprint density at radius 3 is 2.45 bits per heavy atom. The molecule has 0 saturated heterocycles. The van der Waals surface area contributed by atoms with E-state index in [9.17, 15) is 13.2 Å². The van der Waals surface area contributed by atoms with Crippen molar-refractivity contribution in [1.82, 2.24) is 5.32 Å². The Morgan fingerprint density at radius 1 is 1.19 bits per heavy atom. The van der Waals surface area contributed by atoms with Crippen molar-refractivity contribution in [3.8, 4) is 11.5 Å². The molecule has 2 aromatic carbocycles. The number of fused-ring (bicyclic) bond motifs is 1. The van der Waals surface area contributed by atoms with Crippen molar-refractivity contribution in [2.75, 3.05) is 30.8 Å². The van der Waals surface area contributed by atoms with Crippen LogP contribution in [0.5, 0.6) is 11.5 Å². The summed E-state index contributed by atoms with van der Waals surface area (Å²) in [5, 5.41) is 2.85. The lowest BCUT2D eigenvalue weighted by Gasteiger charge is -2.35. The van der Waals surface area contributed by atoms with E-state index >= 15 is 0 Å². The maximum Gasteiger partial charge on any atom is 0.263 e. The molecule has 0 bridgehead atoms. The number of hydrogen-bond acceptors (Lipinski definition) is 5. The lowest BCUT2D eigenvalue weighted by Crippen LogP contribution is -2.50. The summed E-state index contributed by atoms with van der Waals surface area (Å²) >= 11 is 0. The highest BCUT2D eigenvalue weighted by Gasteiger charge is 2.35. The second-order valence-corrected chi connectivity index (χ2v) is 10.6. The summed E-state index contributed by atoms with van der Waals surface area (Å²) in [6.45, 7) is 6.53. The topological polar surface area (TPSA) is 84.9 Å². The van der Waals surface area contributed by atoms with Gasteiger partial charge in [0.25, 0.3) is 5.91 Å². The lowest BCUT2D eigenvalue weighted by molar-refractivity contribution is -0.127. The number of rotatable bonds is 6. The van der Waals surface area contributed by atoms with E-state index in [1.807, 2.05) is 36.4 Å². The van der Waals surface area contributed by atoms with Crippen molar-refractivity contribution < 1.29 is 22.7 Å². The zero-order valence-corrected chi connectivity index (χ0v) is 19.5. The van der Waals surface area contributed by atoms with Gasteiger partial charge in [-0.05, 0) is 47.2 Å². The monoisotopic (exact) mass is 446 g/mol. The van der Waals surface area contributed by atoms with Crippen LogP contribution in [0, 0.1) is 0 Å². The number of nitrogens with zero attached hydrogens (tertiary/aromatic N) is 1. The first kappa shape index (κ1) is 22.9. The Morgan fingerprint density at radius 2 is 1.87 bits per heavy atom. The second-order valence-electron chi connectivity index (χ2n) is 8.72. The normalized spacial score (nSPS) is 16.3. The molecule has 0 unspecified atom stereocenters. The first-order valence-electron chi connectivity index (χ1n) is 10.2. The van der Waals surface area contributed by atoms with Gasteiger partial charge in [-0.25, -0.2) is 8.42 Å². The third-order valence-electron chi connectivity index (χ3n) is 5.26. The van der Waals surface area contributed by atoms with Gasteiger partial charge in [0.15, 0.2) is 6.10 Å². The number of amides is 1. The molecular weight excluding hydrogens is 416 g/mol. The molecule has 7 nitrogen and oxygen atoms in total. The molecule has 0 radical (unpaired) electrons. The molecule has 1 N–H and O–H groups in total. The van der Waals surface area contributed by atoms with E-state index in [0.29, 0.717) is 24.4 Å². The Labute approximate surface area is 184 Å². The Bertz CT molecular complexity index is 1040. The van der Waals surface area contributed by atoms with E-state index in [4.69, 9.17) is 9.47 Å². The van der Waals surface area contributed by atoms with E-state index in [1.54, 1.807) is 13.2 Å². The van der Waals surface area contributed by atoms with Crippen molar-refractivity contribution in [1.29, 1.82) is 0 Å². The average Bonchev–Trinajstić information content (AvgIpc) is 2.71. The molecule has 31 heavy (non-hydrogen) atoms. The van der Waals surface area contributed by atoms with Crippen LogP contribution in [-0.2, 0) is 26.7 Å². The fourth-order valence-electron chi connectivity index (χ4n) is 3.40. The minimum atomic E-state index is -3.58. The summed E-state index contributed by atoms with van der Waals surface area (Å²) in [7, 11) is -1.96. The summed E-state index contributed by atoms with van der Waals surface area (Å²) in [5.74, 6) is 0.824. The minimum absolute atomic E-state index is 0.0617. The number of anilines is 1. The molecular formula is C23H30N2O5S. The molecule has 3 rings (SSSR count). The van der Waals surface area contributed by atoms with Gasteiger partial charge in [0.05, 0.1) is 25.6 Å². The van der Waals surface area contributed by atoms with E-state index in [-0.39, 0.29) is 17.9 Å². The summed E-state index contributed by atoms with van der Waals surface area (Å²) in [4.78, 5) is 12.7. The van der Waals surface area contributed by atoms with Crippen LogP contribution < -0.4 is 19.1 Å². The molecule has 1 aliphatic heterocycles. The maximum absolute atomic E-state index is 12.7. The third kappa shape index (κ3) is 5.50. The van der Waals surface area contributed by atoms with Crippen LogP contribution in [0.1, 0.15) is 31.9 Å². The fourth-order valence-corrected chi connectivity index (χ4v) is 4.31. The summed E-state index contributed by atoms with van der Waals surface area (Å²) in [5.41, 5.74) is 2.38. The standard InChI is InChI=1S/C23H30N2O5S/c1-23(2,3)17-8-11-20-19(14-17)25(31(5,27)28)15-21(30-20)22(26)24-13-12-16-6-9-18(29-4)10-7-16/h6-11,14,21H,12-13,15H2,1-5H3,(H,24,26)/t21-/m0/s1. The van der Waals surface area contributed by atoms with Gasteiger partial charge in [0, 0.05) is 6.54 Å². The van der Waals surface area contributed by atoms with Crippen LogP contribution in [-0.4, -0.2) is 46.9 Å². The van der Waals surface area contributed by atoms with Crippen LogP contribution in [0.3, 0.4) is 0 Å². The van der Waals surface area contributed by atoms with E-state index in [0.717, 1.165) is 23.1 Å². The first-order chi connectivity index (χ1) is 14.5. The van der Waals surface area contributed by atoms with Crippen molar-refractivity contribution in [3.63, 3.8) is 0 Å². The molecule has 0 saturated carbocycles. The van der Waals surface area contributed by atoms with Crippen molar-refractivity contribution in [2.24, 2.45) is 0 Å². The third-order valence-corrected chi connectivity index (χ3v) is 6.41. The minimum Gasteiger partial charge on any atom is -0.497 e. The van der Waals surface area contributed by atoms with Gasteiger partial charge in [0.1, 0.15) is 11.5 Å². The molecule has 0 aromatic heterocycles. The van der Waals surface area contributed by atoms with Gasteiger partial charge in [-0.2, -0.15) is 0 Å². The molecule has 1 amide bonds. The van der Waals surface area contributed by atoms with Gasteiger partial charge < -0.3 is 14.8 Å². The van der Waals surface area contributed by atoms with Gasteiger partial charge in [0.2, 0.25) is 10.0 Å². The van der Waals surface area contributed by atoms with Crippen molar-refractivity contribution in [2.45, 2.75) is 38.7 Å². The number of carbonyl (C=O) groups is 1. The summed E-state index contributed by atoms with van der Waals surface area (Å²) < 4.78 is 37.2. The lowest BCUT2D eigenvalue weighted by atomic mass is 9.86. The van der Waals surface area contributed by atoms with Gasteiger partial charge in [-0.1, -0.05) is 39.0 Å². The molecule has 1 heterocycles. The predicted octanol–water partition coefficient (Wildman–Crippen LogP) is 2.88. The molecule has 0 spiro atoms. The highest BCUT2D eigenvalue weighted by molar-refractivity contribution is 7.92. The van der Waals surface area contributed by atoms with Crippen molar-refractivity contribution >= 4 is 21.6 Å². The maximum atomic E-state index is 12.7. The largest absolute Gasteiger partial charge is 0.497 e. The molecule has 2 aromatic rings. The molecule has 1 atom stereocenters. The van der Waals surface area contributed by atoms with E-state index in [2.05, 4.69) is 26.1 Å². The number of carbonyl (C=O) groups excluding carboxylic acids is 1. The zero-order chi connectivity index (χ0) is 22.8. The first-order valence-corrected chi connectivity index (χ1v) is 12.0. The second kappa shape index (κ2) is 8.78. The van der Waals surface area contributed by atoms with E-state index < -0.39 is 16.1 Å². The molecule has 8 heteroatoms. The smallest absolute Gasteiger partial charge is 0.263 e. The van der Waals surface area contributed by atoms with E-state index in [1.165, 1.54) is 4.31 Å². The number of nitrogens with one attached hydrogen (secondary N) is 1. The van der Waals surface area contributed by atoms with Crippen LogP contribution in [0.15, 0.2) is 42.5 Å². The summed E-state index contributed by atoms with van der Waals surface area (Å²) in [6, 6.07) is 13.1. The van der Waals surface area contributed by atoms with Crippen LogP contribution in [0.4, 0.5) is 5.69 Å². The molecule has 0 aliphatic carbocycles.